The lowest BCUT2D eigenvalue weighted by Gasteiger charge is -2.07. The zero-order valence-corrected chi connectivity index (χ0v) is 10.3. The summed E-state index contributed by atoms with van der Waals surface area (Å²) in [5.74, 6) is -1.23. The largest absolute Gasteiger partial charge is 0.494 e. The monoisotopic (exact) mass is 266 g/mol. The first kappa shape index (κ1) is 13.0. The molecule has 19 heavy (non-hydrogen) atoms. The molecule has 1 heterocycles. The minimum atomic E-state index is -0.604. The van der Waals surface area contributed by atoms with E-state index < -0.39 is 17.3 Å². The number of nitrogens with zero attached hydrogens (tertiary/aromatic N) is 2. The number of ether oxygens (including phenoxy) is 2. The molecule has 2 rings (SSSR count). The molecule has 1 aromatic carbocycles. The fourth-order valence-corrected chi connectivity index (χ4v) is 1.63. The fraction of sp³-hybridized carbons (Fsp3) is 0.250. The van der Waals surface area contributed by atoms with Crippen LogP contribution in [0.25, 0.3) is 10.9 Å². The highest BCUT2D eigenvalue weighted by Crippen LogP contribution is 2.20. The normalized spacial score (nSPS) is 10.5. The smallest absolute Gasteiger partial charge is 0.325 e. The molecule has 0 radical (unpaired) electrons. The van der Waals surface area contributed by atoms with Gasteiger partial charge in [0.25, 0.3) is 5.56 Å². The average molecular weight is 266 g/mol. The van der Waals surface area contributed by atoms with Gasteiger partial charge in [-0.3, -0.25) is 14.2 Å². The Bertz CT molecular complexity index is 696. The molecular weight excluding hydrogens is 255 g/mol. The van der Waals surface area contributed by atoms with Crippen LogP contribution in [0.5, 0.6) is 5.75 Å². The number of hydrogen-bond donors (Lipinski definition) is 0. The highest BCUT2D eigenvalue weighted by molar-refractivity contribution is 5.79. The van der Waals surface area contributed by atoms with E-state index in [1.165, 1.54) is 26.6 Å². The van der Waals surface area contributed by atoms with E-state index >= 15 is 0 Å². The maximum atomic E-state index is 13.5. The molecule has 100 valence electrons. The summed E-state index contributed by atoms with van der Waals surface area (Å²) >= 11 is 0. The van der Waals surface area contributed by atoms with Crippen LogP contribution >= 0.6 is 0 Å². The zero-order valence-electron chi connectivity index (χ0n) is 10.3. The summed E-state index contributed by atoms with van der Waals surface area (Å²) in [6.07, 6.45) is 1.17. The summed E-state index contributed by atoms with van der Waals surface area (Å²) in [6, 6.07) is 2.37. The van der Waals surface area contributed by atoms with E-state index in [0.29, 0.717) is 0 Å². The average Bonchev–Trinajstić information content (AvgIpc) is 2.41. The Morgan fingerprint density at radius 2 is 2.16 bits per heavy atom. The quantitative estimate of drug-likeness (QED) is 0.765. The number of carbonyl (C=O) groups is 1. The Morgan fingerprint density at radius 3 is 2.79 bits per heavy atom. The van der Waals surface area contributed by atoms with Crippen LogP contribution in [0.1, 0.15) is 0 Å². The van der Waals surface area contributed by atoms with Crippen LogP contribution in [0.15, 0.2) is 23.3 Å². The molecule has 0 saturated heterocycles. The summed E-state index contributed by atoms with van der Waals surface area (Å²) < 4.78 is 23.8. The molecule has 0 N–H and O–H groups in total. The summed E-state index contributed by atoms with van der Waals surface area (Å²) in [5.41, 5.74) is -0.266. The minimum Gasteiger partial charge on any atom is -0.494 e. The van der Waals surface area contributed by atoms with Crippen molar-refractivity contribution in [2.45, 2.75) is 6.54 Å². The maximum absolute atomic E-state index is 13.5. The van der Waals surface area contributed by atoms with E-state index in [0.717, 1.165) is 10.6 Å². The van der Waals surface area contributed by atoms with Gasteiger partial charge in [0, 0.05) is 6.07 Å². The third-order valence-corrected chi connectivity index (χ3v) is 2.62. The van der Waals surface area contributed by atoms with Gasteiger partial charge >= 0.3 is 5.97 Å². The number of benzene rings is 1. The molecule has 0 aliphatic rings. The van der Waals surface area contributed by atoms with Crippen molar-refractivity contribution in [3.63, 3.8) is 0 Å². The lowest BCUT2D eigenvalue weighted by Crippen LogP contribution is -2.25. The first-order valence-electron chi connectivity index (χ1n) is 5.36. The first-order chi connectivity index (χ1) is 9.06. The topological polar surface area (TPSA) is 70.4 Å². The van der Waals surface area contributed by atoms with Crippen molar-refractivity contribution in [3.05, 3.63) is 34.6 Å². The number of esters is 1. The highest BCUT2D eigenvalue weighted by atomic mass is 19.1. The van der Waals surface area contributed by atoms with Crippen LogP contribution in [0.2, 0.25) is 0 Å². The number of halogens is 1. The molecule has 2 aromatic rings. The molecular formula is C12H11FN2O4. The van der Waals surface area contributed by atoms with Crippen molar-refractivity contribution >= 4 is 16.9 Å². The molecule has 0 saturated carbocycles. The number of hydrogen-bond acceptors (Lipinski definition) is 5. The van der Waals surface area contributed by atoms with Crippen molar-refractivity contribution in [1.82, 2.24) is 9.55 Å². The van der Waals surface area contributed by atoms with Gasteiger partial charge in [-0.1, -0.05) is 0 Å². The molecule has 0 aliphatic carbocycles. The highest BCUT2D eigenvalue weighted by Gasteiger charge is 2.12. The van der Waals surface area contributed by atoms with Gasteiger partial charge in [0.2, 0.25) is 0 Å². The van der Waals surface area contributed by atoms with Crippen LogP contribution in [-0.2, 0) is 16.1 Å². The molecule has 0 fully saturated rings. The Balaban J connectivity index is 2.60. The Hall–Kier alpha value is -2.44. The molecule has 0 bridgehead atoms. The summed E-state index contributed by atoms with van der Waals surface area (Å²) in [4.78, 5) is 27.2. The first-order valence-corrected chi connectivity index (χ1v) is 5.36. The van der Waals surface area contributed by atoms with Gasteiger partial charge < -0.3 is 9.47 Å². The van der Waals surface area contributed by atoms with Crippen LogP contribution in [0, 0.1) is 5.82 Å². The van der Waals surface area contributed by atoms with E-state index in [9.17, 15) is 14.0 Å². The fourth-order valence-electron chi connectivity index (χ4n) is 1.63. The Labute approximate surface area is 107 Å². The summed E-state index contributed by atoms with van der Waals surface area (Å²) in [5, 5.41) is 0.171. The number of fused-ring (bicyclic) bond motifs is 1. The molecule has 6 nitrogen and oxygen atoms in total. The van der Waals surface area contributed by atoms with Gasteiger partial charge in [-0.05, 0) is 6.07 Å². The van der Waals surface area contributed by atoms with Crippen molar-refractivity contribution in [3.8, 4) is 5.75 Å². The molecule has 0 amide bonds. The predicted octanol–water partition coefficient (Wildman–Crippen LogP) is 0.717. The van der Waals surface area contributed by atoms with Crippen molar-refractivity contribution in [1.29, 1.82) is 0 Å². The van der Waals surface area contributed by atoms with Crippen LogP contribution in [0.4, 0.5) is 4.39 Å². The SMILES string of the molecule is COC(=O)Cn1cnc2cc(F)c(OC)cc2c1=O. The minimum absolute atomic E-state index is 0.0535. The standard InChI is InChI=1S/C12H11FN2O4/c1-18-10-3-7-9(4-8(10)13)14-6-15(12(7)17)5-11(16)19-2/h3-4,6H,5H2,1-2H3. The van der Waals surface area contributed by atoms with E-state index in [1.807, 2.05) is 0 Å². The van der Waals surface area contributed by atoms with Gasteiger partial charge in [0.1, 0.15) is 6.54 Å². The van der Waals surface area contributed by atoms with E-state index in [1.54, 1.807) is 0 Å². The van der Waals surface area contributed by atoms with E-state index in [2.05, 4.69) is 9.72 Å². The van der Waals surface area contributed by atoms with Crippen LogP contribution in [-0.4, -0.2) is 29.7 Å². The van der Waals surface area contributed by atoms with Crippen molar-refractivity contribution in [2.24, 2.45) is 0 Å². The van der Waals surface area contributed by atoms with Crippen molar-refractivity contribution in [2.75, 3.05) is 14.2 Å². The second kappa shape index (κ2) is 5.05. The summed E-state index contributed by atoms with van der Waals surface area (Å²) in [7, 11) is 2.52. The van der Waals surface area contributed by atoms with Gasteiger partial charge in [-0.25, -0.2) is 9.37 Å². The Morgan fingerprint density at radius 1 is 1.42 bits per heavy atom. The lowest BCUT2D eigenvalue weighted by atomic mass is 10.2. The zero-order chi connectivity index (χ0) is 14.0. The number of carbonyl (C=O) groups excluding carboxylic acids is 1. The number of methoxy groups -OCH3 is 2. The molecule has 1 aromatic heterocycles. The number of aromatic nitrogens is 2. The molecule has 0 spiro atoms. The van der Waals surface area contributed by atoms with Gasteiger partial charge in [0.05, 0.1) is 31.4 Å². The van der Waals surface area contributed by atoms with Gasteiger partial charge in [-0.15, -0.1) is 0 Å². The number of rotatable bonds is 3. The second-order valence-corrected chi connectivity index (χ2v) is 3.76. The van der Waals surface area contributed by atoms with Gasteiger partial charge in [-0.2, -0.15) is 0 Å². The third-order valence-electron chi connectivity index (χ3n) is 2.62. The van der Waals surface area contributed by atoms with Gasteiger partial charge in [0.15, 0.2) is 11.6 Å². The molecule has 7 heteroatoms. The lowest BCUT2D eigenvalue weighted by molar-refractivity contribution is -0.141. The van der Waals surface area contributed by atoms with Crippen LogP contribution < -0.4 is 10.3 Å². The second-order valence-electron chi connectivity index (χ2n) is 3.76. The predicted molar refractivity (Wildman–Crippen MR) is 64.5 cm³/mol. The summed E-state index contributed by atoms with van der Waals surface area (Å²) in [6.45, 7) is -0.252. The molecule has 0 aliphatic heterocycles. The third kappa shape index (κ3) is 2.40. The van der Waals surface area contributed by atoms with E-state index in [-0.39, 0.29) is 23.2 Å². The van der Waals surface area contributed by atoms with Crippen molar-refractivity contribution < 1.29 is 18.7 Å². The molecule has 0 atom stereocenters. The van der Waals surface area contributed by atoms with E-state index in [4.69, 9.17) is 4.74 Å². The van der Waals surface area contributed by atoms with Crippen LogP contribution in [0.3, 0.4) is 0 Å². The maximum Gasteiger partial charge on any atom is 0.325 e. The molecule has 0 unspecified atom stereocenters. The Kier molecular flexibility index (Phi) is 3.46.